The number of carboxylic acids is 1. The molecule has 0 saturated carbocycles. The van der Waals surface area contributed by atoms with Crippen molar-refractivity contribution in [1.29, 1.82) is 0 Å². The number of piperazine rings is 1. The molecular weight excluding hydrogens is 258 g/mol. The first kappa shape index (κ1) is 14.6. The molecule has 110 valence electrons. The lowest BCUT2D eigenvalue weighted by Gasteiger charge is -2.32. The lowest BCUT2D eigenvalue weighted by Crippen LogP contribution is -2.45. The lowest BCUT2D eigenvalue weighted by atomic mass is 10.2. The second-order valence-electron chi connectivity index (χ2n) is 5.05. The van der Waals surface area contributed by atoms with Crippen LogP contribution in [0.25, 0.3) is 0 Å². The summed E-state index contributed by atoms with van der Waals surface area (Å²) in [4.78, 5) is 15.7. The maximum Gasteiger partial charge on any atom is 0.339 e. The van der Waals surface area contributed by atoms with Crippen molar-refractivity contribution in [3.63, 3.8) is 0 Å². The summed E-state index contributed by atoms with van der Waals surface area (Å²) in [6.45, 7) is 5.44. The number of ether oxygens (including phenoxy) is 1. The molecule has 1 heterocycles. The standard InChI is InChI=1S/C14H21N3O3/c1-16-4-6-17(7-5-16)8-9-20-13-3-2-11(15)10-12(13)14(18)19/h2-3,10H,4-9,15H2,1H3,(H,18,19). The smallest absolute Gasteiger partial charge is 0.339 e. The predicted octanol–water partition coefficient (Wildman–Crippen LogP) is 0.593. The molecule has 6 nitrogen and oxygen atoms in total. The van der Waals surface area contributed by atoms with E-state index in [-0.39, 0.29) is 5.56 Å². The fourth-order valence-corrected chi connectivity index (χ4v) is 2.20. The molecule has 0 atom stereocenters. The highest BCUT2D eigenvalue weighted by Gasteiger charge is 2.15. The molecular formula is C14H21N3O3. The second kappa shape index (κ2) is 6.58. The number of hydrogen-bond donors (Lipinski definition) is 2. The highest BCUT2D eigenvalue weighted by Crippen LogP contribution is 2.21. The Balaban J connectivity index is 1.86. The Kier molecular flexibility index (Phi) is 4.81. The molecule has 0 amide bonds. The van der Waals surface area contributed by atoms with E-state index in [1.54, 1.807) is 12.1 Å². The third-order valence-corrected chi connectivity index (χ3v) is 3.50. The van der Waals surface area contributed by atoms with Crippen LogP contribution in [0.4, 0.5) is 5.69 Å². The van der Waals surface area contributed by atoms with Crippen LogP contribution in [0, 0.1) is 0 Å². The zero-order valence-electron chi connectivity index (χ0n) is 11.7. The third kappa shape index (κ3) is 3.85. The van der Waals surface area contributed by atoms with Crippen molar-refractivity contribution < 1.29 is 14.6 Å². The number of likely N-dealkylation sites (N-methyl/N-ethyl adjacent to an activating group) is 1. The molecule has 20 heavy (non-hydrogen) atoms. The number of nitrogens with zero attached hydrogens (tertiary/aromatic N) is 2. The number of nitrogens with two attached hydrogens (primary N) is 1. The number of carboxylic acid groups (broad SMARTS) is 1. The Morgan fingerprint density at radius 3 is 2.70 bits per heavy atom. The molecule has 6 heteroatoms. The maximum absolute atomic E-state index is 11.1. The summed E-state index contributed by atoms with van der Waals surface area (Å²) in [6.07, 6.45) is 0. The van der Waals surface area contributed by atoms with Crippen LogP contribution in [0.5, 0.6) is 5.75 Å². The van der Waals surface area contributed by atoms with Crippen LogP contribution < -0.4 is 10.5 Å². The molecule has 1 aromatic rings. The molecule has 0 bridgehead atoms. The van der Waals surface area contributed by atoms with Gasteiger partial charge in [0.15, 0.2) is 0 Å². The average molecular weight is 279 g/mol. The summed E-state index contributed by atoms with van der Waals surface area (Å²) in [5.74, 6) is -0.646. The molecule has 0 radical (unpaired) electrons. The predicted molar refractivity (Wildman–Crippen MR) is 77.2 cm³/mol. The van der Waals surface area contributed by atoms with Gasteiger partial charge in [0.1, 0.15) is 17.9 Å². The van der Waals surface area contributed by atoms with E-state index in [2.05, 4.69) is 16.8 Å². The van der Waals surface area contributed by atoms with Crippen molar-refractivity contribution in [3.8, 4) is 5.75 Å². The van der Waals surface area contributed by atoms with Gasteiger partial charge in [0.2, 0.25) is 0 Å². The molecule has 0 unspecified atom stereocenters. The molecule has 0 spiro atoms. The lowest BCUT2D eigenvalue weighted by molar-refractivity contribution is 0.0691. The molecule has 1 aliphatic heterocycles. The highest BCUT2D eigenvalue weighted by atomic mass is 16.5. The van der Waals surface area contributed by atoms with Gasteiger partial charge in [0, 0.05) is 38.4 Å². The minimum Gasteiger partial charge on any atom is -0.491 e. The highest BCUT2D eigenvalue weighted by molar-refractivity contribution is 5.92. The normalized spacial score (nSPS) is 17.1. The van der Waals surface area contributed by atoms with E-state index >= 15 is 0 Å². The average Bonchev–Trinajstić information content (AvgIpc) is 2.42. The Bertz CT molecular complexity index is 471. The fourth-order valence-electron chi connectivity index (χ4n) is 2.20. The topological polar surface area (TPSA) is 79.0 Å². The first-order valence-electron chi connectivity index (χ1n) is 6.73. The van der Waals surface area contributed by atoms with Crippen LogP contribution in [0.15, 0.2) is 18.2 Å². The minimum atomic E-state index is -1.02. The summed E-state index contributed by atoms with van der Waals surface area (Å²) in [7, 11) is 2.11. The van der Waals surface area contributed by atoms with E-state index in [9.17, 15) is 4.79 Å². The van der Waals surface area contributed by atoms with Gasteiger partial charge in [0.25, 0.3) is 0 Å². The number of aromatic carboxylic acids is 1. The van der Waals surface area contributed by atoms with E-state index in [1.807, 2.05) is 0 Å². The zero-order valence-corrected chi connectivity index (χ0v) is 11.7. The largest absolute Gasteiger partial charge is 0.491 e. The van der Waals surface area contributed by atoms with Gasteiger partial charge in [-0.1, -0.05) is 0 Å². The number of carbonyl (C=O) groups is 1. The van der Waals surface area contributed by atoms with Crippen molar-refractivity contribution in [2.24, 2.45) is 0 Å². The van der Waals surface area contributed by atoms with E-state index in [0.29, 0.717) is 18.0 Å². The van der Waals surface area contributed by atoms with E-state index in [1.165, 1.54) is 6.07 Å². The van der Waals surface area contributed by atoms with Crippen molar-refractivity contribution in [3.05, 3.63) is 23.8 Å². The van der Waals surface area contributed by atoms with Crippen LogP contribution >= 0.6 is 0 Å². The summed E-state index contributed by atoms with van der Waals surface area (Å²) >= 11 is 0. The van der Waals surface area contributed by atoms with E-state index in [4.69, 9.17) is 15.6 Å². The van der Waals surface area contributed by atoms with Crippen molar-refractivity contribution in [1.82, 2.24) is 9.80 Å². The number of nitrogen functional groups attached to an aromatic ring is 1. The number of hydrogen-bond acceptors (Lipinski definition) is 5. The monoisotopic (exact) mass is 279 g/mol. The van der Waals surface area contributed by atoms with Crippen LogP contribution in [0.2, 0.25) is 0 Å². The molecule has 3 N–H and O–H groups in total. The Labute approximate surface area is 118 Å². The number of anilines is 1. The molecule has 1 aliphatic rings. The number of rotatable bonds is 5. The molecule has 1 fully saturated rings. The molecule has 1 saturated heterocycles. The van der Waals surface area contributed by atoms with Crippen molar-refractivity contribution >= 4 is 11.7 Å². The first-order chi connectivity index (χ1) is 9.56. The Morgan fingerprint density at radius 1 is 1.35 bits per heavy atom. The Hall–Kier alpha value is -1.79. The Morgan fingerprint density at radius 2 is 2.05 bits per heavy atom. The van der Waals surface area contributed by atoms with Gasteiger partial charge >= 0.3 is 5.97 Å². The van der Waals surface area contributed by atoms with Gasteiger partial charge in [0.05, 0.1) is 0 Å². The maximum atomic E-state index is 11.1. The van der Waals surface area contributed by atoms with E-state index in [0.717, 1.165) is 32.7 Å². The minimum absolute atomic E-state index is 0.114. The van der Waals surface area contributed by atoms with Gasteiger partial charge in [-0.2, -0.15) is 0 Å². The van der Waals surface area contributed by atoms with Gasteiger partial charge in [-0.15, -0.1) is 0 Å². The fraction of sp³-hybridized carbons (Fsp3) is 0.500. The summed E-state index contributed by atoms with van der Waals surface area (Å²) in [5, 5.41) is 9.12. The zero-order chi connectivity index (χ0) is 14.5. The molecule has 0 aromatic heterocycles. The first-order valence-corrected chi connectivity index (χ1v) is 6.73. The second-order valence-corrected chi connectivity index (χ2v) is 5.05. The van der Waals surface area contributed by atoms with Crippen LogP contribution in [0.3, 0.4) is 0 Å². The van der Waals surface area contributed by atoms with Crippen molar-refractivity contribution in [2.75, 3.05) is 52.1 Å². The SMILES string of the molecule is CN1CCN(CCOc2ccc(N)cc2C(=O)O)CC1. The molecule has 0 aliphatic carbocycles. The van der Waals surface area contributed by atoms with Gasteiger partial charge in [-0.3, -0.25) is 4.90 Å². The van der Waals surface area contributed by atoms with Gasteiger partial charge in [-0.25, -0.2) is 4.79 Å². The summed E-state index contributed by atoms with van der Waals surface area (Å²) in [5.41, 5.74) is 6.13. The summed E-state index contributed by atoms with van der Waals surface area (Å²) < 4.78 is 5.59. The quantitative estimate of drug-likeness (QED) is 0.768. The van der Waals surface area contributed by atoms with Gasteiger partial charge < -0.3 is 20.5 Å². The van der Waals surface area contributed by atoms with Crippen molar-refractivity contribution in [2.45, 2.75) is 0 Å². The van der Waals surface area contributed by atoms with Gasteiger partial charge in [-0.05, 0) is 25.2 Å². The number of benzene rings is 1. The third-order valence-electron chi connectivity index (χ3n) is 3.50. The molecule has 2 rings (SSSR count). The van der Waals surface area contributed by atoms with Crippen LogP contribution in [0.1, 0.15) is 10.4 Å². The molecule has 1 aromatic carbocycles. The van der Waals surface area contributed by atoms with E-state index < -0.39 is 5.97 Å². The van der Waals surface area contributed by atoms with Crippen LogP contribution in [-0.4, -0.2) is 67.3 Å². The summed E-state index contributed by atoms with van der Waals surface area (Å²) in [6, 6.07) is 4.69. The van der Waals surface area contributed by atoms with Crippen LogP contribution in [-0.2, 0) is 0 Å².